The minimum Gasteiger partial charge on any atom is -0.493 e. The Hall–Kier alpha value is -3.10. The maximum Gasteiger partial charge on any atom is 0.346 e. The van der Waals surface area contributed by atoms with Gasteiger partial charge in [0.25, 0.3) is 11.6 Å². The van der Waals surface area contributed by atoms with Crippen molar-refractivity contribution < 1.29 is 28.7 Å². The first kappa shape index (κ1) is 18.9. The highest BCUT2D eigenvalue weighted by atomic mass is 16.6. The maximum absolute atomic E-state index is 12.2. The Morgan fingerprint density at radius 1 is 1.33 bits per heavy atom. The number of nitrogens with one attached hydrogen (secondary N) is 1. The number of esters is 1. The fourth-order valence-corrected chi connectivity index (χ4v) is 1.78. The predicted molar refractivity (Wildman–Crippen MR) is 84.3 cm³/mol. The number of carbonyl (C=O) groups excluding carboxylic acids is 2. The number of benzene rings is 1. The summed E-state index contributed by atoms with van der Waals surface area (Å²) in [4.78, 5) is 34.3. The summed E-state index contributed by atoms with van der Waals surface area (Å²) >= 11 is 0. The summed E-state index contributed by atoms with van der Waals surface area (Å²) in [6.07, 6.45) is 0.330. The lowest BCUT2D eigenvalue weighted by Gasteiger charge is -2.14. The molecule has 0 aromatic heterocycles. The van der Waals surface area contributed by atoms with Crippen LogP contribution >= 0.6 is 0 Å². The molecule has 0 saturated heterocycles. The summed E-state index contributed by atoms with van der Waals surface area (Å²) in [6.45, 7) is 5.00. The number of ether oxygens (including phenoxy) is 3. The molecule has 0 heterocycles. The van der Waals surface area contributed by atoms with E-state index < -0.39 is 28.6 Å². The molecule has 0 aliphatic carbocycles. The third-order valence-electron chi connectivity index (χ3n) is 2.99. The normalized spacial score (nSPS) is 11.1. The summed E-state index contributed by atoms with van der Waals surface area (Å²) in [5, 5.41) is 13.6. The van der Waals surface area contributed by atoms with Crippen molar-refractivity contribution in [1.29, 1.82) is 0 Å². The minimum absolute atomic E-state index is 0.0949. The van der Waals surface area contributed by atoms with E-state index in [2.05, 4.69) is 11.9 Å². The Bertz CT molecular complexity index is 657. The second-order valence-electron chi connectivity index (χ2n) is 4.56. The fourth-order valence-electron chi connectivity index (χ4n) is 1.78. The van der Waals surface area contributed by atoms with Crippen LogP contribution in [0.1, 0.15) is 17.3 Å². The molecular weight excluding hydrogens is 320 g/mol. The Kier molecular flexibility index (Phi) is 6.72. The monoisotopic (exact) mass is 338 g/mol. The molecule has 0 bridgehead atoms. The lowest BCUT2D eigenvalue weighted by molar-refractivity contribution is -0.385. The maximum atomic E-state index is 12.2. The van der Waals surface area contributed by atoms with Crippen molar-refractivity contribution in [2.75, 3.05) is 20.8 Å². The third-order valence-corrected chi connectivity index (χ3v) is 2.99. The van der Waals surface area contributed by atoms with Gasteiger partial charge in [-0.3, -0.25) is 14.9 Å². The standard InChI is InChI=1S/C15H18N2O7/c1-5-6-16-14(18)9(2)24-15(19)10-7-12(22-3)13(23-4)8-11(10)17(20)21/h5,7-9H,1,6H2,2-4H3,(H,16,18)/t9-/m1/s1. The molecule has 0 fully saturated rings. The van der Waals surface area contributed by atoms with Crippen LogP contribution in [0.25, 0.3) is 0 Å². The topological polar surface area (TPSA) is 117 Å². The van der Waals surface area contributed by atoms with Crippen LogP contribution in [0.5, 0.6) is 11.5 Å². The van der Waals surface area contributed by atoms with Crippen LogP contribution in [0, 0.1) is 10.1 Å². The van der Waals surface area contributed by atoms with E-state index >= 15 is 0 Å². The van der Waals surface area contributed by atoms with Gasteiger partial charge in [-0.15, -0.1) is 6.58 Å². The molecule has 1 aromatic carbocycles. The second kappa shape index (κ2) is 8.51. The van der Waals surface area contributed by atoms with Gasteiger partial charge in [0.15, 0.2) is 17.6 Å². The smallest absolute Gasteiger partial charge is 0.346 e. The number of methoxy groups -OCH3 is 2. The van der Waals surface area contributed by atoms with Crippen molar-refractivity contribution in [3.63, 3.8) is 0 Å². The number of nitro benzene ring substituents is 1. The molecule has 0 aliphatic rings. The minimum atomic E-state index is -1.13. The van der Waals surface area contributed by atoms with Crippen molar-refractivity contribution in [2.45, 2.75) is 13.0 Å². The lowest BCUT2D eigenvalue weighted by Crippen LogP contribution is -2.35. The van der Waals surface area contributed by atoms with Gasteiger partial charge in [-0.2, -0.15) is 0 Å². The van der Waals surface area contributed by atoms with Crippen molar-refractivity contribution in [3.05, 3.63) is 40.5 Å². The third kappa shape index (κ3) is 4.45. The molecule has 1 aromatic rings. The van der Waals surface area contributed by atoms with E-state index in [1.54, 1.807) is 0 Å². The average molecular weight is 338 g/mol. The fraction of sp³-hybridized carbons (Fsp3) is 0.333. The quantitative estimate of drug-likeness (QED) is 0.330. The van der Waals surface area contributed by atoms with E-state index in [9.17, 15) is 19.7 Å². The summed E-state index contributed by atoms with van der Waals surface area (Å²) < 4.78 is 15.0. The highest BCUT2D eigenvalue weighted by molar-refractivity contribution is 5.96. The molecule has 24 heavy (non-hydrogen) atoms. The van der Waals surface area contributed by atoms with E-state index in [0.29, 0.717) is 0 Å². The van der Waals surface area contributed by atoms with Crippen LogP contribution in [-0.4, -0.2) is 43.7 Å². The van der Waals surface area contributed by atoms with Gasteiger partial charge in [-0.05, 0) is 6.92 Å². The Morgan fingerprint density at radius 3 is 2.42 bits per heavy atom. The molecule has 1 rings (SSSR count). The van der Waals surface area contributed by atoms with Gasteiger partial charge in [-0.25, -0.2) is 4.79 Å². The van der Waals surface area contributed by atoms with E-state index in [0.717, 1.165) is 12.1 Å². The molecule has 1 amide bonds. The van der Waals surface area contributed by atoms with Gasteiger partial charge in [0, 0.05) is 12.6 Å². The van der Waals surface area contributed by atoms with Crippen molar-refractivity contribution >= 4 is 17.6 Å². The van der Waals surface area contributed by atoms with Gasteiger partial charge in [0.05, 0.1) is 25.2 Å². The van der Waals surface area contributed by atoms with Crippen LogP contribution in [0.3, 0.4) is 0 Å². The van der Waals surface area contributed by atoms with Crippen LogP contribution in [0.15, 0.2) is 24.8 Å². The summed E-state index contributed by atoms with van der Waals surface area (Å²) in [5.41, 5.74) is -0.864. The van der Waals surface area contributed by atoms with E-state index in [1.807, 2.05) is 0 Å². The molecule has 9 heteroatoms. The average Bonchev–Trinajstić information content (AvgIpc) is 2.57. The highest BCUT2D eigenvalue weighted by Crippen LogP contribution is 2.34. The number of carbonyl (C=O) groups is 2. The van der Waals surface area contributed by atoms with Gasteiger partial charge < -0.3 is 19.5 Å². The molecule has 130 valence electrons. The van der Waals surface area contributed by atoms with Crippen molar-refractivity contribution in [1.82, 2.24) is 5.32 Å². The zero-order valence-corrected chi connectivity index (χ0v) is 13.5. The molecule has 0 unspecified atom stereocenters. The van der Waals surface area contributed by atoms with Gasteiger partial charge >= 0.3 is 5.97 Å². The van der Waals surface area contributed by atoms with E-state index in [-0.39, 0.29) is 23.6 Å². The molecule has 1 N–H and O–H groups in total. The number of hydrogen-bond acceptors (Lipinski definition) is 7. The number of hydrogen-bond donors (Lipinski definition) is 1. The number of rotatable bonds is 8. The molecule has 1 atom stereocenters. The SMILES string of the molecule is C=CCNC(=O)[C@@H](C)OC(=O)c1cc(OC)c(OC)cc1[N+](=O)[O-]. The van der Waals surface area contributed by atoms with Crippen molar-refractivity contribution in [2.24, 2.45) is 0 Å². The number of amides is 1. The first-order valence-electron chi connectivity index (χ1n) is 6.85. The van der Waals surface area contributed by atoms with Gasteiger partial charge in [0.1, 0.15) is 5.56 Å². The summed E-state index contributed by atoms with van der Waals surface area (Å²) in [7, 11) is 2.63. The molecule has 0 radical (unpaired) electrons. The second-order valence-corrected chi connectivity index (χ2v) is 4.56. The zero-order valence-electron chi connectivity index (χ0n) is 13.5. The number of nitrogens with zero attached hydrogens (tertiary/aromatic N) is 1. The highest BCUT2D eigenvalue weighted by Gasteiger charge is 2.28. The van der Waals surface area contributed by atoms with Crippen LogP contribution in [0.2, 0.25) is 0 Å². The van der Waals surface area contributed by atoms with Crippen molar-refractivity contribution in [3.8, 4) is 11.5 Å². The van der Waals surface area contributed by atoms with Crippen LogP contribution in [0.4, 0.5) is 5.69 Å². The van der Waals surface area contributed by atoms with Gasteiger partial charge in [0.2, 0.25) is 0 Å². The Labute approximate surface area is 138 Å². The summed E-state index contributed by atoms with van der Waals surface area (Å²) in [6, 6.07) is 2.19. The molecule has 0 aliphatic heterocycles. The largest absolute Gasteiger partial charge is 0.493 e. The van der Waals surface area contributed by atoms with Crippen LogP contribution in [-0.2, 0) is 9.53 Å². The number of nitro groups is 1. The van der Waals surface area contributed by atoms with Gasteiger partial charge in [-0.1, -0.05) is 6.08 Å². The summed E-state index contributed by atoms with van der Waals surface area (Å²) in [5.74, 6) is -1.35. The first-order chi connectivity index (χ1) is 11.3. The van der Waals surface area contributed by atoms with E-state index in [1.165, 1.54) is 27.2 Å². The lowest BCUT2D eigenvalue weighted by atomic mass is 10.1. The molecular formula is C15H18N2O7. The van der Waals surface area contributed by atoms with Crippen LogP contribution < -0.4 is 14.8 Å². The zero-order chi connectivity index (χ0) is 18.3. The molecule has 9 nitrogen and oxygen atoms in total. The Balaban J connectivity index is 3.10. The van der Waals surface area contributed by atoms with E-state index in [4.69, 9.17) is 14.2 Å². The Morgan fingerprint density at radius 2 is 1.92 bits per heavy atom. The first-order valence-corrected chi connectivity index (χ1v) is 6.85. The predicted octanol–water partition coefficient (Wildman–Crippen LogP) is 1.46. The molecule has 0 spiro atoms. The molecule has 0 saturated carbocycles.